The van der Waals surface area contributed by atoms with Crippen molar-refractivity contribution in [3.05, 3.63) is 29.5 Å². The van der Waals surface area contributed by atoms with Gasteiger partial charge in [0.05, 0.1) is 12.0 Å². The summed E-state index contributed by atoms with van der Waals surface area (Å²) in [6, 6.07) is 3.79. The van der Waals surface area contributed by atoms with Gasteiger partial charge in [0, 0.05) is 18.0 Å². The number of rotatable bonds is 4. The highest BCUT2D eigenvalue weighted by atomic mass is 32.1. The Morgan fingerprint density at radius 2 is 2.30 bits per heavy atom. The number of aromatic nitrogens is 1. The van der Waals surface area contributed by atoms with Crippen molar-refractivity contribution in [2.75, 3.05) is 0 Å². The van der Waals surface area contributed by atoms with Crippen molar-refractivity contribution in [3.8, 4) is 10.8 Å². The van der Waals surface area contributed by atoms with E-state index >= 15 is 0 Å². The zero-order chi connectivity index (χ0) is 15.8. The molecule has 6 heteroatoms. The van der Waals surface area contributed by atoms with Crippen LogP contribution >= 0.6 is 11.3 Å². The Labute approximate surface area is 138 Å². The van der Waals surface area contributed by atoms with Crippen LogP contribution in [0.3, 0.4) is 0 Å². The number of thiazole rings is 1. The molecule has 1 N–H and O–H groups in total. The predicted molar refractivity (Wildman–Crippen MR) is 87.1 cm³/mol. The molecule has 1 saturated carbocycles. The van der Waals surface area contributed by atoms with E-state index in [0.717, 1.165) is 29.3 Å². The van der Waals surface area contributed by atoms with Crippen LogP contribution in [0, 0.1) is 5.92 Å². The summed E-state index contributed by atoms with van der Waals surface area (Å²) in [5.41, 5.74) is 0.943. The van der Waals surface area contributed by atoms with E-state index < -0.39 is 5.97 Å². The number of fused-ring (bicyclic) bond motifs is 1. The molecular weight excluding hydrogens is 312 g/mol. The first-order chi connectivity index (χ1) is 11.2. The lowest BCUT2D eigenvalue weighted by Crippen LogP contribution is -2.41. The van der Waals surface area contributed by atoms with Crippen LogP contribution < -0.4 is 0 Å². The summed E-state index contributed by atoms with van der Waals surface area (Å²) in [5, 5.41) is 12.5. The van der Waals surface area contributed by atoms with Gasteiger partial charge in [0.25, 0.3) is 0 Å². The van der Waals surface area contributed by atoms with E-state index in [1.807, 2.05) is 17.5 Å². The molecule has 2 fully saturated rings. The van der Waals surface area contributed by atoms with Crippen LogP contribution in [0.1, 0.15) is 37.8 Å². The fourth-order valence-corrected chi connectivity index (χ4v) is 4.88. The first-order valence-corrected chi connectivity index (χ1v) is 9.07. The molecule has 0 spiro atoms. The summed E-state index contributed by atoms with van der Waals surface area (Å²) in [7, 11) is 0. The largest absolute Gasteiger partial charge is 0.480 e. The number of furan rings is 1. The number of carbonyl (C=O) groups is 1. The van der Waals surface area contributed by atoms with Crippen molar-refractivity contribution in [2.45, 2.75) is 50.7 Å². The van der Waals surface area contributed by atoms with Crippen molar-refractivity contribution < 1.29 is 14.3 Å². The number of nitrogens with zero attached hydrogens (tertiary/aromatic N) is 2. The number of carboxylic acids is 1. The van der Waals surface area contributed by atoms with Gasteiger partial charge in [-0.25, -0.2) is 4.98 Å². The lowest BCUT2D eigenvalue weighted by Gasteiger charge is -2.32. The molecular formula is C17H20N2O3S. The second-order valence-electron chi connectivity index (χ2n) is 6.50. The fourth-order valence-electron chi connectivity index (χ4n) is 4.10. The topological polar surface area (TPSA) is 66.6 Å². The van der Waals surface area contributed by atoms with Gasteiger partial charge >= 0.3 is 5.97 Å². The van der Waals surface area contributed by atoms with Crippen molar-refractivity contribution in [1.82, 2.24) is 9.88 Å². The molecule has 1 aliphatic carbocycles. The van der Waals surface area contributed by atoms with Gasteiger partial charge in [0.15, 0.2) is 10.8 Å². The second kappa shape index (κ2) is 6.09. The van der Waals surface area contributed by atoms with E-state index in [-0.39, 0.29) is 6.04 Å². The minimum atomic E-state index is -0.694. The Bertz CT molecular complexity index is 682. The predicted octanol–water partition coefficient (Wildman–Crippen LogP) is 3.62. The van der Waals surface area contributed by atoms with Gasteiger partial charge in [-0.15, -0.1) is 11.3 Å². The maximum atomic E-state index is 11.7. The SMILES string of the molecule is O=C(O)[C@@H]1C[C@@H]2CCCC[C@H]2N1Cc1csc(-c2ccco2)n1. The Morgan fingerprint density at radius 3 is 3.09 bits per heavy atom. The number of aliphatic carboxylic acids is 1. The first kappa shape index (κ1) is 14.9. The molecule has 3 atom stereocenters. The molecule has 1 saturated heterocycles. The number of hydrogen-bond acceptors (Lipinski definition) is 5. The highest BCUT2D eigenvalue weighted by Gasteiger charge is 2.45. The smallest absolute Gasteiger partial charge is 0.320 e. The van der Waals surface area contributed by atoms with Gasteiger partial charge < -0.3 is 9.52 Å². The van der Waals surface area contributed by atoms with Crippen LogP contribution in [0.4, 0.5) is 0 Å². The lowest BCUT2D eigenvalue weighted by atomic mass is 9.85. The summed E-state index contributed by atoms with van der Waals surface area (Å²) in [4.78, 5) is 18.5. The van der Waals surface area contributed by atoms with E-state index in [2.05, 4.69) is 9.88 Å². The lowest BCUT2D eigenvalue weighted by molar-refractivity contribution is -0.142. The van der Waals surface area contributed by atoms with E-state index in [1.165, 1.54) is 19.3 Å². The maximum absolute atomic E-state index is 11.7. The van der Waals surface area contributed by atoms with Crippen molar-refractivity contribution >= 4 is 17.3 Å². The number of likely N-dealkylation sites (tertiary alicyclic amines) is 1. The van der Waals surface area contributed by atoms with Crippen LogP contribution in [0.5, 0.6) is 0 Å². The van der Waals surface area contributed by atoms with Crippen LogP contribution in [0.25, 0.3) is 10.8 Å². The molecule has 0 unspecified atom stereocenters. The van der Waals surface area contributed by atoms with Gasteiger partial charge in [-0.3, -0.25) is 9.69 Å². The Balaban J connectivity index is 1.55. The molecule has 4 rings (SSSR count). The average molecular weight is 332 g/mol. The first-order valence-electron chi connectivity index (χ1n) is 8.19. The molecule has 0 aromatic carbocycles. The summed E-state index contributed by atoms with van der Waals surface area (Å²) in [5.74, 6) is 0.613. The Morgan fingerprint density at radius 1 is 1.43 bits per heavy atom. The van der Waals surface area contributed by atoms with Crippen LogP contribution in [0.15, 0.2) is 28.2 Å². The number of hydrogen-bond donors (Lipinski definition) is 1. The molecule has 1 aliphatic heterocycles. The minimum Gasteiger partial charge on any atom is -0.480 e. The summed E-state index contributed by atoms with van der Waals surface area (Å²) in [6.45, 7) is 0.620. The second-order valence-corrected chi connectivity index (χ2v) is 7.35. The monoisotopic (exact) mass is 332 g/mol. The molecule has 122 valence electrons. The third-order valence-corrected chi connectivity index (χ3v) is 6.04. The van der Waals surface area contributed by atoms with Crippen molar-refractivity contribution in [1.29, 1.82) is 0 Å². The Kier molecular flexibility index (Phi) is 3.95. The van der Waals surface area contributed by atoms with Gasteiger partial charge in [-0.05, 0) is 37.3 Å². The molecule has 2 aromatic rings. The van der Waals surface area contributed by atoms with Crippen LogP contribution in [0.2, 0.25) is 0 Å². The summed E-state index contributed by atoms with van der Waals surface area (Å²) < 4.78 is 5.39. The molecule has 0 radical (unpaired) electrons. The quantitative estimate of drug-likeness (QED) is 0.926. The van der Waals surface area contributed by atoms with Crippen molar-refractivity contribution in [3.63, 3.8) is 0 Å². The van der Waals surface area contributed by atoms with Gasteiger partial charge in [0.1, 0.15) is 6.04 Å². The zero-order valence-electron chi connectivity index (χ0n) is 12.9. The molecule has 3 heterocycles. The summed E-state index contributed by atoms with van der Waals surface area (Å²) in [6.07, 6.45) is 7.15. The van der Waals surface area contributed by atoms with E-state index in [9.17, 15) is 9.90 Å². The Hall–Kier alpha value is -1.66. The van der Waals surface area contributed by atoms with Crippen molar-refractivity contribution in [2.24, 2.45) is 5.92 Å². The van der Waals surface area contributed by atoms with Gasteiger partial charge in [0.2, 0.25) is 0 Å². The molecule has 0 amide bonds. The maximum Gasteiger partial charge on any atom is 0.320 e. The highest BCUT2D eigenvalue weighted by molar-refractivity contribution is 7.13. The van der Waals surface area contributed by atoms with Gasteiger partial charge in [-0.1, -0.05) is 12.8 Å². The molecule has 0 bridgehead atoms. The minimum absolute atomic E-state index is 0.364. The van der Waals surface area contributed by atoms with Crippen LogP contribution in [-0.4, -0.2) is 33.0 Å². The zero-order valence-corrected chi connectivity index (χ0v) is 13.7. The van der Waals surface area contributed by atoms with E-state index in [4.69, 9.17) is 4.42 Å². The average Bonchev–Trinajstić information content (AvgIpc) is 3.26. The fraction of sp³-hybridized carbons (Fsp3) is 0.529. The molecule has 5 nitrogen and oxygen atoms in total. The van der Waals surface area contributed by atoms with Crippen LogP contribution in [-0.2, 0) is 11.3 Å². The third-order valence-electron chi connectivity index (χ3n) is 5.13. The molecule has 2 aliphatic rings. The molecule has 23 heavy (non-hydrogen) atoms. The highest BCUT2D eigenvalue weighted by Crippen LogP contribution is 2.40. The normalized spacial score (nSPS) is 27.9. The summed E-state index contributed by atoms with van der Waals surface area (Å²) >= 11 is 1.55. The third kappa shape index (κ3) is 2.81. The standard InChI is InChI=1S/C17H20N2O3S/c20-17(21)14-8-11-4-1-2-5-13(11)19(14)9-12-10-23-16(18-12)15-6-3-7-22-15/h3,6-7,10-11,13-14H,1-2,4-5,8-9H2,(H,20,21)/t11-,13+,14-/m0/s1. The van der Waals surface area contributed by atoms with E-state index in [1.54, 1.807) is 17.6 Å². The molecule has 2 aromatic heterocycles. The number of carboxylic acid groups (broad SMARTS) is 1. The van der Waals surface area contributed by atoms with E-state index in [0.29, 0.717) is 18.5 Å². The van der Waals surface area contributed by atoms with Gasteiger partial charge in [-0.2, -0.15) is 0 Å².